The minimum absolute atomic E-state index is 0.650. The van der Waals surface area contributed by atoms with Gasteiger partial charge in [-0.1, -0.05) is 0 Å². The first-order valence-corrected chi connectivity index (χ1v) is 5.69. The second kappa shape index (κ2) is 2.92. The van der Waals surface area contributed by atoms with Crippen LogP contribution in [0.25, 0.3) is 10.7 Å². The lowest BCUT2D eigenvalue weighted by molar-refractivity contribution is 0.935. The Kier molecular flexibility index (Phi) is 1.70. The summed E-state index contributed by atoms with van der Waals surface area (Å²) in [6.07, 6.45) is 2.52. The van der Waals surface area contributed by atoms with E-state index in [4.69, 9.17) is 0 Å². The minimum atomic E-state index is 0.650. The molecule has 0 spiro atoms. The number of H-pyrrole nitrogens is 1. The van der Waals surface area contributed by atoms with Gasteiger partial charge in [0.2, 0.25) is 0 Å². The SMILES string of the molecule is Cc1csc(-c2n[nH]c(C3CC3)n2)c1. The number of thiophene rings is 1. The molecule has 2 aromatic heterocycles. The molecule has 3 nitrogen and oxygen atoms in total. The normalized spacial score (nSPS) is 16.1. The molecule has 1 aliphatic rings. The molecule has 0 radical (unpaired) electrons. The van der Waals surface area contributed by atoms with E-state index in [1.165, 1.54) is 18.4 Å². The lowest BCUT2D eigenvalue weighted by Gasteiger charge is -1.85. The van der Waals surface area contributed by atoms with Crippen molar-refractivity contribution >= 4 is 11.3 Å². The summed E-state index contributed by atoms with van der Waals surface area (Å²) in [5.41, 5.74) is 1.28. The van der Waals surface area contributed by atoms with Crippen molar-refractivity contribution in [1.29, 1.82) is 0 Å². The first-order valence-electron chi connectivity index (χ1n) is 4.81. The summed E-state index contributed by atoms with van der Waals surface area (Å²) in [6, 6.07) is 2.13. The third kappa shape index (κ3) is 1.35. The van der Waals surface area contributed by atoms with Crippen LogP contribution in [0.5, 0.6) is 0 Å². The Balaban J connectivity index is 1.95. The highest BCUT2D eigenvalue weighted by molar-refractivity contribution is 7.13. The molecule has 2 aromatic rings. The predicted molar refractivity (Wildman–Crippen MR) is 56.4 cm³/mol. The molecule has 2 heterocycles. The van der Waals surface area contributed by atoms with Crippen LogP contribution in [-0.4, -0.2) is 15.2 Å². The Bertz CT molecular complexity index is 453. The topological polar surface area (TPSA) is 41.6 Å². The monoisotopic (exact) mass is 205 g/mol. The van der Waals surface area contributed by atoms with Gasteiger partial charge in [-0.15, -0.1) is 11.3 Å². The second-order valence-corrected chi connectivity index (χ2v) is 4.72. The third-order valence-electron chi connectivity index (χ3n) is 2.42. The quantitative estimate of drug-likeness (QED) is 0.819. The minimum Gasteiger partial charge on any atom is -0.262 e. The van der Waals surface area contributed by atoms with Gasteiger partial charge in [0.1, 0.15) is 5.82 Å². The molecule has 1 saturated carbocycles. The lowest BCUT2D eigenvalue weighted by Crippen LogP contribution is -1.80. The zero-order valence-corrected chi connectivity index (χ0v) is 8.77. The van der Waals surface area contributed by atoms with Crippen molar-refractivity contribution < 1.29 is 0 Å². The molecular weight excluding hydrogens is 194 g/mol. The summed E-state index contributed by atoms with van der Waals surface area (Å²) in [6.45, 7) is 2.09. The highest BCUT2D eigenvalue weighted by atomic mass is 32.1. The van der Waals surface area contributed by atoms with Crippen molar-refractivity contribution in [3.8, 4) is 10.7 Å². The fourth-order valence-electron chi connectivity index (χ4n) is 1.47. The molecule has 1 N–H and O–H groups in total. The van der Waals surface area contributed by atoms with Gasteiger partial charge in [0.15, 0.2) is 5.82 Å². The molecule has 0 saturated heterocycles. The van der Waals surface area contributed by atoms with Crippen LogP contribution in [0, 0.1) is 6.92 Å². The second-order valence-electron chi connectivity index (χ2n) is 3.81. The van der Waals surface area contributed by atoms with E-state index in [2.05, 4.69) is 33.6 Å². The van der Waals surface area contributed by atoms with E-state index in [0.717, 1.165) is 16.5 Å². The van der Waals surface area contributed by atoms with Crippen molar-refractivity contribution in [2.75, 3.05) is 0 Å². The number of aromatic amines is 1. The average molecular weight is 205 g/mol. The molecule has 0 amide bonds. The summed E-state index contributed by atoms with van der Waals surface area (Å²) in [5, 5.41) is 9.38. The summed E-state index contributed by atoms with van der Waals surface area (Å²) in [4.78, 5) is 5.66. The highest BCUT2D eigenvalue weighted by Crippen LogP contribution is 2.38. The smallest absolute Gasteiger partial charge is 0.191 e. The zero-order valence-electron chi connectivity index (χ0n) is 7.95. The van der Waals surface area contributed by atoms with Crippen LogP contribution in [0.15, 0.2) is 11.4 Å². The fourth-order valence-corrected chi connectivity index (χ4v) is 2.30. The Morgan fingerprint density at radius 3 is 3.00 bits per heavy atom. The van der Waals surface area contributed by atoms with Gasteiger partial charge in [0.05, 0.1) is 4.88 Å². The fraction of sp³-hybridized carbons (Fsp3) is 0.400. The van der Waals surface area contributed by atoms with E-state index in [-0.39, 0.29) is 0 Å². The van der Waals surface area contributed by atoms with Crippen molar-refractivity contribution in [1.82, 2.24) is 15.2 Å². The maximum absolute atomic E-state index is 4.50. The number of aryl methyl sites for hydroxylation is 1. The Morgan fingerprint density at radius 2 is 2.36 bits per heavy atom. The Labute approximate surface area is 86.2 Å². The molecule has 0 unspecified atom stereocenters. The van der Waals surface area contributed by atoms with Gasteiger partial charge in [-0.2, -0.15) is 5.10 Å². The van der Waals surface area contributed by atoms with Crippen LogP contribution >= 0.6 is 11.3 Å². The third-order valence-corrected chi connectivity index (χ3v) is 3.46. The summed E-state index contributed by atoms with van der Waals surface area (Å²) >= 11 is 1.70. The van der Waals surface area contributed by atoms with E-state index in [1.807, 2.05) is 0 Å². The zero-order chi connectivity index (χ0) is 9.54. The average Bonchev–Trinajstić information content (AvgIpc) is 2.76. The number of nitrogens with one attached hydrogen (secondary N) is 1. The molecule has 0 atom stereocenters. The molecule has 3 rings (SSSR count). The number of rotatable bonds is 2. The number of hydrogen-bond acceptors (Lipinski definition) is 3. The van der Waals surface area contributed by atoms with Crippen LogP contribution in [0.2, 0.25) is 0 Å². The summed E-state index contributed by atoms with van der Waals surface area (Å²) in [7, 11) is 0. The molecule has 0 aromatic carbocycles. The van der Waals surface area contributed by atoms with Gasteiger partial charge in [-0.25, -0.2) is 4.98 Å². The van der Waals surface area contributed by atoms with Crippen molar-refractivity contribution in [3.05, 3.63) is 22.8 Å². The molecule has 4 heteroatoms. The van der Waals surface area contributed by atoms with Crippen LogP contribution in [0.1, 0.15) is 30.1 Å². The van der Waals surface area contributed by atoms with E-state index in [0.29, 0.717) is 5.92 Å². The number of aromatic nitrogens is 3. The molecule has 72 valence electrons. The van der Waals surface area contributed by atoms with Crippen LogP contribution < -0.4 is 0 Å². The van der Waals surface area contributed by atoms with Crippen LogP contribution in [0.3, 0.4) is 0 Å². The lowest BCUT2D eigenvalue weighted by atomic mass is 10.3. The summed E-state index contributed by atoms with van der Waals surface area (Å²) < 4.78 is 0. The Morgan fingerprint density at radius 1 is 1.50 bits per heavy atom. The van der Waals surface area contributed by atoms with Gasteiger partial charge in [0, 0.05) is 5.92 Å². The van der Waals surface area contributed by atoms with Gasteiger partial charge in [0.25, 0.3) is 0 Å². The summed E-state index contributed by atoms with van der Waals surface area (Å²) in [5.74, 6) is 2.56. The maximum Gasteiger partial charge on any atom is 0.191 e. The highest BCUT2D eigenvalue weighted by Gasteiger charge is 2.27. The van der Waals surface area contributed by atoms with Crippen LogP contribution in [-0.2, 0) is 0 Å². The maximum atomic E-state index is 4.50. The van der Waals surface area contributed by atoms with E-state index < -0.39 is 0 Å². The first-order chi connectivity index (χ1) is 6.83. The van der Waals surface area contributed by atoms with E-state index >= 15 is 0 Å². The van der Waals surface area contributed by atoms with Crippen molar-refractivity contribution in [3.63, 3.8) is 0 Å². The Hall–Kier alpha value is -1.16. The molecular formula is C10H11N3S. The van der Waals surface area contributed by atoms with Gasteiger partial charge in [-0.05, 0) is 36.8 Å². The molecule has 1 fully saturated rings. The number of nitrogens with zero attached hydrogens (tertiary/aromatic N) is 2. The molecule has 1 aliphatic carbocycles. The van der Waals surface area contributed by atoms with Gasteiger partial charge >= 0.3 is 0 Å². The van der Waals surface area contributed by atoms with E-state index in [1.54, 1.807) is 11.3 Å². The first kappa shape index (κ1) is 8.17. The standard InChI is InChI=1S/C10H11N3S/c1-6-4-8(14-5-6)10-11-9(12-13-10)7-2-3-7/h4-5,7H,2-3H2,1H3,(H,11,12,13). The molecule has 0 bridgehead atoms. The molecule has 14 heavy (non-hydrogen) atoms. The van der Waals surface area contributed by atoms with Crippen LogP contribution in [0.4, 0.5) is 0 Å². The van der Waals surface area contributed by atoms with Crippen molar-refractivity contribution in [2.24, 2.45) is 0 Å². The molecule has 0 aliphatic heterocycles. The van der Waals surface area contributed by atoms with Gasteiger partial charge < -0.3 is 0 Å². The van der Waals surface area contributed by atoms with E-state index in [9.17, 15) is 0 Å². The van der Waals surface area contributed by atoms with Crippen molar-refractivity contribution in [2.45, 2.75) is 25.7 Å². The largest absolute Gasteiger partial charge is 0.262 e. The number of hydrogen-bond donors (Lipinski definition) is 1. The predicted octanol–water partition coefficient (Wildman–Crippen LogP) is 2.72. The van der Waals surface area contributed by atoms with Gasteiger partial charge in [-0.3, -0.25) is 5.10 Å².